The smallest absolute Gasteiger partial charge is 0.232 e. The fourth-order valence-electron chi connectivity index (χ4n) is 0.853. The highest BCUT2D eigenvalue weighted by atomic mass is 79.9. The third-order valence-electron chi connectivity index (χ3n) is 1.37. The lowest BCUT2D eigenvalue weighted by molar-refractivity contribution is -0.137. The summed E-state index contributed by atoms with van der Waals surface area (Å²) in [4.78, 5) is 3.78. The lowest BCUT2D eigenvalue weighted by atomic mass is 10.2. The van der Waals surface area contributed by atoms with Gasteiger partial charge in [-0.05, 0) is 40.9 Å². The van der Waals surface area contributed by atoms with Crippen LogP contribution in [-0.2, 0) is 6.18 Å². The average Bonchev–Trinajstić information content (AvgIpc) is 2.02. The van der Waals surface area contributed by atoms with Gasteiger partial charge < -0.3 is 0 Å². The van der Waals surface area contributed by atoms with Gasteiger partial charge in [0.2, 0.25) is 0 Å². The molecular weight excluding hydrogens is 259 g/mol. The summed E-state index contributed by atoms with van der Waals surface area (Å²) in [5.41, 5.74) is -0.647. The number of rotatable bonds is 0. The number of nitrogens with zero attached hydrogens (tertiary/aromatic N) is 1. The van der Waals surface area contributed by atoms with Gasteiger partial charge in [0.15, 0.2) is 0 Å². The van der Waals surface area contributed by atoms with Crippen molar-refractivity contribution in [2.45, 2.75) is 13.1 Å². The van der Waals surface area contributed by atoms with Crippen LogP contribution in [0.1, 0.15) is 18.2 Å². The molecule has 1 heterocycles. The highest BCUT2D eigenvalue weighted by Gasteiger charge is 2.31. The van der Waals surface area contributed by atoms with E-state index in [1.807, 2.05) is 0 Å². The van der Waals surface area contributed by atoms with Crippen molar-refractivity contribution in [1.29, 1.82) is 0 Å². The Morgan fingerprint density at radius 2 is 2.00 bits per heavy atom. The topological polar surface area (TPSA) is 12.9 Å². The number of halogens is 4. The fraction of sp³-hybridized carbons (Fsp3) is 0.222. The SMILES string of the molecule is CC#Cc1cc(C(F)(F)F)cc(Br)n1. The Kier molecular flexibility index (Phi) is 3.17. The van der Waals surface area contributed by atoms with Crippen LogP contribution in [-0.4, -0.2) is 4.98 Å². The van der Waals surface area contributed by atoms with Crippen LogP contribution in [0.4, 0.5) is 13.2 Å². The van der Waals surface area contributed by atoms with E-state index in [4.69, 9.17) is 0 Å². The van der Waals surface area contributed by atoms with Crippen molar-refractivity contribution >= 4 is 15.9 Å². The number of hydrogen-bond donors (Lipinski definition) is 0. The summed E-state index contributed by atoms with van der Waals surface area (Å²) in [7, 11) is 0. The average molecular weight is 264 g/mol. The molecular formula is C9H5BrF3N. The lowest BCUT2D eigenvalue weighted by Gasteiger charge is -2.06. The standard InChI is InChI=1S/C9H5BrF3N/c1-2-3-7-4-6(9(11,12)13)5-8(10)14-7/h4-5H,1H3. The van der Waals surface area contributed by atoms with E-state index in [0.29, 0.717) is 0 Å². The largest absolute Gasteiger partial charge is 0.416 e. The van der Waals surface area contributed by atoms with Gasteiger partial charge >= 0.3 is 6.18 Å². The molecule has 14 heavy (non-hydrogen) atoms. The van der Waals surface area contributed by atoms with E-state index in [-0.39, 0.29) is 10.3 Å². The Morgan fingerprint density at radius 1 is 1.36 bits per heavy atom. The van der Waals surface area contributed by atoms with Crippen molar-refractivity contribution in [2.24, 2.45) is 0 Å². The highest BCUT2D eigenvalue weighted by molar-refractivity contribution is 9.10. The quantitative estimate of drug-likeness (QED) is 0.517. The molecule has 0 amide bonds. The van der Waals surface area contributed by atoms with Crippen LogP contribution in [0.5, 0.6) is 0 Å². The maximum absolute atomic E-state index is 12.3. The van der Waals surface area contributed by atoms with Crippen molar-refractivity contribution in [1.82, 2.24) is 4.98 Å². The molecule has 0 fully saturated rings. The van der Waals surface area contributed by atoms with E-state index in [9.17, 15) is 13.2 Å². The first kappa shape index (κ1) is 11.1. The number of pyridine rings is 1. The van der Waals surface area contributed by atoms with Gasteiger partial charge in [0.1, 0.15) is 10.3 Å². The maximum atomic E-state index is 12.3. The first-order chi connectivity index (χ1) is 6.43. The molecule has 0 bridgehead atoms. The summed E-state index contributed by atoms with van der Waals surface area (Å²) in [5, 5.41) is 0. The van der Waals surface area contributed by atoms with Crippen LogP contribution < -0.4 is 0 Å². The molecule has 0 aromatic carbocycles. The molecule has 0 unspecified atom stereocenters. The van der Waals surface area contributed by atoms with E-state index in [1.165, 1.54) is 6.92 Å². The van der Waals surface area contributed by atoms with Gasteiger partial charge in [-0.15, -0.1) is 0 Å². The zero-order chi connectivity index (χ0) is 10.8. The molecule has 0 N–H and O–H groups in total. The molecule has 0 atom stereocenters. The summed E-state index contributed by atoms with van der Waals surface area (Å²) in [6.45, 7) is 1.54. The van der Waals surface area contributed by atoms with E-state index in [0.717, 1.165) is 12.1 Å². The molecule has 0 spiro atoms. The second kappa shape index (κ2) is 4.01. The van der Waals surface area contributed by atoms with Crippen molar-refractivity contribution in [2.75, 3.05) is 0 Å². The van der Waals surface area contributed by atoms with Crippen molar-refractivity contribution in [3.8, 4) is 11.8 Å². The number of hydrogen-bond acceptors (Lipinski definition) is 1. The minimum Gasteiger partial charge on any atom is -0.232 e. The Morgan fingerprint density at radius 3 is 2.50 bits per heavy atom. The van der Waals surface area contributed by atoms with Crippen LogP contribution in [0.3, 0.4) is 0 Å². The molecule has 0 aliphatic carbocycles. The molecule has 74 valence electrons. The fourth-order valence-corrected chi connectivity index (χ4v) is 1.29. The Labute approximate surface area is 87.5 Å². The first-order valence-corrected chi connectivity index (χ1v) is 4.40. The number of aromatic nitrogens is 1. The molecule has 0 aliphatic rings. The van der Waals surface area contributed by atoms with Gasteiger partial charge in [0, 0.05) is 0 Å². The monoisotopic (exact) mass is 263 g/mol. The summed E-state index contributed by atoms with van der Waals surface area (Å²) in [6.07, 6.45) is -4.37. The van der Waals surface area contributed by atoms with E-state index >= 15 is 0 Å². The normalized spacial score (nSPS) is 10.6. The van der Waals surface area contributed by atoms with E-state index in [1.54, 1.807) is 0 Å². The molecule has 0 saturated heterocycles. The van der Waals surface area contributed by atoms with Gasteiger partial charge in [-0.25, -0.2) is 4.98 Å². The van der Waals surface area contributed by atoms with Crippen LogP contribution in [0.25, 0.3) is 0 Å². The summed E-state index contributed by atoms with van der Waals surface area (Å²) >= 11 is 2.90. The molecule has 1 rings (SSSR count). The second-order valence-electron chi connectivity index (χ2n) is 2.44. The van der Waals surface area contributed by atoms with E-state index < -0.39 is 11.7 Å². The first-order valence-electron chi connectivity index (χ1n) is 3.61. The van der Waals surface area contributed by atoms with Crippen LogP contribution in [0.15, 0.2) is 16.7 Å². The summed E-state index contributed by atoms with van der Waals surface area (Å²) < 4.78 is 37.0. The Bertz CT molecular complexity index is 401. The predicted octanol–water partition coefficient (Wildman–Crippen LogP) is 3.23. The van der Waals surface area contributed by atoms with Crippen molar-refractivity contribution < 1.29 is 13.2 Å². The van der Waals surface area contributed by atoms with Gasteiger partial charge in [0.25, 0.3) is 0 Å². The number of alkyl halides is 3. The molecule has 0 radical (unpaired) electrons. The lowest BCUT2D eigenvalue weighted by Crippen LogP contribution is -2.06. The summed E-state index contributed by atoms with van der Waals surface area (Å²) in [6, 6.07) is 1.84. The van der Waals surface area contributed by atoms with Gasteiger partial charge in [-0.2, -0.15) is 13.2 Å². The third kappa shape index (κ3) is 2.74. The van der Waals surface area contributed by atoms with Crippen LogP contribution >= 0.6 is 15.9 Å². The zero-order valence-corrected chi connectivity index (χ0v) is 8.70. The zero-order valence-electron chi connectivity index (χ0n) is 7.11. The highest BCUT2D eigenvalue weighted by Crippen LogP contribution is 2.30. The predicted molar refractivity (Wildman–Crippen MR) is 49.5 cm³/mol. The van der Waals surface area contributed by atoms with Gasteiger partial charge in [-0.3, -0.25) is 0 Å². The molecule has 1 aromatic heterocycles. The maximum Gasteiger partial charge on any atom is 0.416 e. The minimum atomic E-state index is -4.37. The van der Waals surface area contributed by atoms with E-state index in [2.05, 4.69) is 32.8 Å². The molecule has 0 saturated carbocycles. The van der Waals surface area contributed by atoms with Crippen LogP contribution in [0, 0.1) is 11.8 Å². The molecule has 0 aliphatic heterocycles. The van der Waals surface area contributed by atoms with Crippen molar-refractivity contribution in [3.05, 3.63) is 28.0 Å². The van der Waals surface area contributed by atoms with Gasteiger partial charge in [-0.1, -0.05) is 5.92 Å². The molecule has 1 aromatic rings. The van der Waals surface area contributed by atoms with Gasteiger partial charge in [0.05, 0.1) is 5.56 Å². The van der Waals surface area contributed by atoms with Crippen molar-refractivity contribution in [3.63, 3.8) is 0 Å². The third-order valence-corrected chi connectivity index (χ3v) is 1.78. The van der Waals surface area contributed by atoms with Crippen LogP contribution in [0.2, 0.25) is 0 Å². The second-order valence-corrected chi connectivity index (χ2v) is 3.25. The summed E-state index contributed by atoms with van der Waals surface area (Å²) in [5.74, 6) is 4.96. The Hall–Kier alpha value is -1.02. The molecule has 1 nitrogen and oxygen atoms in total. The minimum absolute atomic E-state index is 0.106. The molecule has 5 heteroatoms. The Balaban J connectivity index is 3.25.